The van der Waals surface area contributed by atoms with Crippen LogP contribution in [0, 0.1) is 13.8 Å². The Morgan fingerprint density at radius 2 is 2.06 bits per heavy atom. The lowest BCUT2D eigenvalue weighted by atomic mass is 10.0. The molecule has 90 valence electrons. The van der Waals surface area contributed by atoms with E-state index >= 15 is 0 Å². The summed E-state index contributed by atoms with van der Waals surface area (Å²) in [4.78, 5) is 0. The molecule has 1 atom stereocenters. The molecule has 16 heavy (non-hydrogen) atoms. The van der Waals surface area contributed by atoms with E-state index in [1.54, 1.807) is 0 Å². The normalized spacial score (nSPS) is 12.8. The average Bonchev–Trinajstić information content (AvgIpc) is 2.23. The molecule has 1 aromatic rings. The number of aliphatic hydroxyl groups is 1. The van der Waals surface area contributed by atoms with Crippen LogP contribution in [0.3, 0.4) is 0 Å². The highest BCUT2D eigenvalue weighted by atomic mass is 16.3. The molecule has 0 aliphatic heterocycles. The van der Waals surface area contributed by atoms with E-state index < -0.39 is 0 Å². The van der Waals surface area contributed by atoms with Gasteiger partial charge in [-0.2, -0.15) is 0 Å². The highest BCUT2D eigenvalue weighted by Crippen LogP contribution is 2.12. The molecule has 0 aliphatic rings. The first-order valence-electron chi connectivity index (χ1n) is 6.05. The number of nitrogens with one attached hydrogen (secondary N) is 1. The van der Waals surface area contributed by atoms with E-state index in [2.05, 4.69) is 37.4 Å². The molecule has 1 aromatic carbocycles. The molecular formula is C14H23NO. The van der Waals surface area contributed by atoms with Gasteiger partial charge in [-0.1, -0.05) is 18.2 Å². The molecule has 0 radical (unpaired) electrons. The molecule has 2 heteroatoms. The van der Waals surface area contributed by atoms with E-state index in [0.29, 0.717) is 0 Å². The van der Waals surface area contributed by atoms with Crippen molar-refractivity contribution in [1.82, 2.24) is 5.32 Å². The maximum atomic E-state index is 9.12. The molecule has 2 N–H and O–H groups in total. The van der Waals surface area contributed by atoms with Crippen molar-refractivity contribution < 1.29 is 5.11 Å². The topological polar surface area (TPSA) is 32.3 Å². The zero-order valence-electron chi connectivity index (χ0n) is 10.6. The minimum atomic E-state index is -0.178. The summed E-state index contributed by atoms with van der Waals surface area (Å²) in [5, 5.41) is 12.5. The predicted molar refractivity (Wildman–Crippen MR) is 68.5 cm³/mol. The molecule has 2 nitrogen and oxygen atoms in total. The van der Waals surface area contributed by atoms with Gasteiger partial charge < -0.3 is 10.4 Å². The molecule has 1 unspecified atom stereocenters. The van der Waals surface area contributed by atoms with Crippen LogP contribution in [0.4, 0.5) is 0 Å². The van der Waals surface area contributed by atoms with Crippen molar-refractivity contribution in [2.45, 2.75) is 46.3 Å². The number of hydrogen-bond donors (Lipinski definition) is 2. The summed E-state index contributed by atoms with van der Waals surface area (Å²) in [7, 11) is 0. The maximum absolute atomic E-state index is 9.12. The van der Waals surface area contributed by atoms with Crippen molar-refractivity contribution in [2.75, 3.05) is 6.54 Å². The number of benzene rings is 1. The van der Waals surface area contributed by atoms with E-state index in [1.165, 1.54) is 16.7 Å². The molecule has 0 saturated heterocycles. The number of aliphatic hydroxyl groups excluding tert-OH is 1. The van der Waals surface area contributed by atoms with Gasteiger partial charge >= 0.3 is 0 Å². The monoisotopic (exact) mass is 221 g/mol. The van der Waals surface area contributed by atoms with Gasteiger partial charge in [0.25, 0.3) is 0 Å². The molecule has 0 saturated carbocycles. The highest BCUT2D eigenvalue weighted by Gasteiger charge is 2.00. The van der Waals surface area contributed by atoms with Gasteiger partial charge in [-0.3, -0.25) is 0 Å². The standard InChI is InChI=1S/C14H23NO/c1-11-6-4-8-14(13(11)3)10-15-9-5-7-12(2)16/h4,6,8,12,15-16H,5,7,9-10H2,1-3H3. The molecule has 0 amide bonds. The van der Waals surface area contributed by atoms with Crippen LogP contribution in [0.15, 0.2) is 18.2 Å². The SMILES string of the molecule is Cc1cccc(CNCCCC(C)O)c1C. The first-order chi connectivity index (χ1) is 7.61. The summed E-state index contributed by atoms with van der Waals surface area (Å²) in [6.45, 7) is 8.05. The second-order valence-corrected chi connectivity index (χ2v) is 4.53. The molecule has 0 aliphatic carbocycles. The lowest BCUT2D eigenvalue weighted by molar-refractivity contribution is 0.181. The van der Waals surface area contributed by atoms with Crippen molar-refractivity contribution in [3.05, 3.63) is 34.9 Å². The Labute approximate surface area is 98.7 Å². The minimum absolute atomic E-state index is 0.178. The van der Waals surface area contributed by atoms with Gasteiger partial charge in [0.2, 0.25) is 0 Å². The number of rotatable bonds is 6. The summed E-state index contributed by atoms with van der Waals surface area (Å²) >= 11 is 0. The fourth-order valence-corrected chi connectivity index (χ4v) is 1.75. The molecule has 0 heterocycles. The van der Waals surface area contributed by atoms with E-state index in [9.17, 15) is 0 Å². The Balaban J connectivity index is 2.29. The van der Waals surface area contributed by atoms with Crippen molar-refractivity contribution in [3.63, 3.8) is 0 Å². The lowest BCUT2D eigenvalue weighted by Crippen LogP contribution is -2.17. The van der Waals surface area contributed by atoms with Crippen LogP contribution in [-0.4, -0.2) is 17.8 Å². The van der Waals surface area contributed by atoms with Crippen molar-refractivity contribution in [2.24, 2.45) is 0 Å². The summed E-state index contributed by atoms with van der Waals surface area (Å²) in [6, 6.07) is 6.42. The summed E-state index contributed by atoms with van der Waals surface area (Å²) in [5.41, 5.74) is 4.10. The second-order valence-electron chi connectivity index (χ2n) is 4.53. The Morgan fingerprint density at radius 1 is 1.31 bits per heavy atom. The zero-order valence-corrected chi connectivity index (χ0v) is 10.6. The van der Waals surface area contributed by atoms with Crippen LogP contribution in [0.5, 0.6) is 0 Å². The largest absolute Gasteiger partial charge is 0.393 e. The van der Waals surface area contributed by atoms with E-state index in [0.717, 1.165) is 25.9 Å². The van der Waals surface area contributed by atoms with Gasteiger partial charge in [0.15, 0.2) is 0 Å². The second kappa shape index (κ2) is 6.66. The van der Waals surface area contributed by atoms with Crippen LogP contribution in [-0.2, 0) is 6.54 Å². The van der Waals surface area contributed by atoms with Crippen LogP contribution < -0.4 is 5.32 Å². The summed E-state index contributed by atoms with van der Waals surface area (Å²) in [5.74, 6) is 0. The third kappa shape index (κ3) is 4.33. The van der Waals surface area contributed by atoms with Crippen LogP contribution in [0.1, 0.15) is 36.5 Å². The molecule has 1 rings (SSSR count). The molecule has 0 bridgehead atoms. The van der Waals surface area contributed by atoms with Crippen molar-refractivity contribution >= 4 is 0 Å². The fraction of sp³-hybridized carbons (Fsp3) is 0.571. The molecular weight excluding hydrogens is 198 g/mol. The Morgan fingerprint density at radius 3 is 2.75 bits per heavy atom. The third-order valence-electron chi connectivity index (χ3n) is 3.01. The van der Waals surface area contributed by atoms with Gasteiger partial charge in [0, 0.05) is 6.54 Å². The molecule has 0 fully saturated rings. The lowest BCUT2D eigenvalue weighted by Gasteiger charge is -2.10. The third-order valence-corrected chi connectivity index (χ3v) is 3.01. The molecule has 0 aromatic heterocycles. The Bertz CT molecular complexity index is 321. The zero-order chi connectivity index (χ0) is 12.0. The predicted octanol–water partition coefficient (Wildman–Crippen LogP) is 2.55. The maximum Gasteiger partial charge on any atom is 0.0512 e. The van der Waals surface area contributed by atoms with Crippen molar-refractivity contribution in [3.8, 4) is 0 Å². The van der Waals surface area contributed by atoms with Crippen LogP contribution >= 0.6 is 0 Å². The smallest absolute Gasteiger partial charge is 0.0512 e. The van der Waals surface area contributed by atoms with E-state index in [4.69, 9.17) is 5.11 Å². The van der Waals surface area contributed by atoms with Gasteiger partial charge in [-0.05, 0) is 56.8 Å². The van der Waals surface area contributed by atoms with Gasteiger partial charge in [0.1, 0.15) is 0 Å². The number of aryl methyl sites for hydroxylation is 1. The first kappa shape index (κ1) is 13.2. The fourth-order valence-electron chi connectivity index (χ4n) is 1.75. The first-order valence-corrected chi connectivity index (χ1v) is 6.05. The Kier molecular flexibility index (Phi) is 5.50. The van der Waals surface area contributed by atoms with E-state index in [-0.39, 0.29) is 6.10 Å². The van der Waals surface area contributed by atoms with Crippen molar-refractivity contribution in [1.29, 1.82) is 0 Å². The summed E-state index contributed by atoms with van der Waals surface area (Å²) < 4.78 is 0. The van der Waals surface area contributed by atoms with E-state index in [1.807, 2.05) is 6.92 Å². The average molecular weight is 221 g/mol. The van der Waals surface area contributed by atoms with Crippen LogP contribution in [0.25, 0.3) is 0 Å². The number of hydrogen-bond acceptors (Lipinski definition) is 2. The van der Waals surface area contributed by atoms with Gasteiger partial charge in [0.05, 0.1) is 6.10 Å². The Hall–Kier alpha value is -0.860. The van der Waals surface area contributed by atoms with Gasteiger partial charge in [-0.15, -0.1) is 0 Å². The minimum Gasteiger partial charge on any atom is -0.393 e. The molecule has 0 spiro atoms. The highest BCUT2D eigenvalue weighted by molar-refractivity contribution is 5.32. The summed E-state index contributed by atoms with van der Waals surface area (Å²) in [6.07, 6.45) is 1.73. The quantitative estimate of drug-likeness (QED) is 0.724. The van der Waals surface area contributed by atoms with Crippen LogP contribution in [0.2, 0.25) is 0 Å². The van der Waals surface area contributed by atoms with Gasteiger partial charge in [-0.25, -0.2) is 0 Å².